The quantitative estimate of drug-likeness (QED) is 0.578. The Kier molecular flexibility index (Phi) is 5.82. The van der Waals surface area contributed by atoms with Crippen molar-refractivity contribution in [1.82, 2.24) is 5.32 Å². The van der Waals surface area contributed by atoms with E-state index in [0.29, 0.717) is 17.2 Å². The second-order valence-electron chi connectivity index (χ2n) is 6.02. The number of nitrogens with two attached hydrogens (primary N) is 2. The molecule has 1 unspecified atom stereocenters. The van der Waals surface area contributed by atoms with Crippen LogP contribution < -0.4 is 21.5 Å². The zero-order valence-corrected chi connectivity index (χ0v) is 15.0. The molecule has 1 aliphatic rings. The van der Waals surface area contributed by atoms with Gasteiger partial charge in [0.15, 0.2) is 0 Å². The summed E-state index contributed by atoms with van der Waals surface area (Å²) in [4.78, 5) is 12.1. The fraction of sp³-hybridized carbons (Fsp3) is 0.211. The number of hydrogen-bond donors (Lipinski definition) is 4. The maximum atomic E-state index is 10.8. The summed E-state index contributed by atoms with van der Waals surface area (Å²) in [5.74, 6) is 1.14. The number of ether oxygens (including phenoxy) is 1. The lowest BCUT2D eigenvalue weighted by Gasteiger charge is -2.11. The first-order chi connectivity index (χ1) is 12.5. The van der Waals surface area contributed by atoms with Crippen LogP contribution in [0.3, 0.4) is 0 Å². The largest absolute Gasteiger partial charge is 0.480 e. The fourth-order valence-electron chi connectivity index (χ4n) is 2.56. The Balaban J connectivity index is 1.66. The molecule has 0 aromatic heterocycles. The monoisotopic (exact) mass is 371 g/mol. The van der Waals surface area contributed by atoms with Gasteiger partial charge in [0, 0.05) is 17.3 Å². The van der Waals surface area contributed by atoms with E-state index in [1.807, 2.05) is 18.2 Å². The van der Waals surface area contributed by atoms with Crippen molar-refractivity contribution >= 4 is 29.5 Å². The van der Waals surface area contributed by atoms with E-state index in [4.69, 9.17) is 21.3 Å². The van der Waals surface area contributed by atoms with Gasteiger partial charge in [-0.15, -0.1) is 11.8 Å². The third-order valence-corrected chi connectivity index (χ3v) is 4.93. The highest BCUT2D eigenvalue weighted by Crippen LogP contribution is 2.30. The number of aliphatic carboxylic acids is 1. The molecule has 3 rings (SSSR count). The molecule has 1 atom stereocenters. The predicted molar refractivity (Wildman–Crippen MR) is 105 cm³/mol. The van der Waals surface area contributed by atoms with E-state index < -0.39 is 12.0 Å². The number of thioether (sulfide) groups is 1. The zero-order valence-electron chi connectivity index (χ0n) is 14.1. The molecule has 0 amide bonds. The van der Waals surface area contributed by atoms with Crippen molar-refractivity contribution in [3.63, 3.8) is 0 Å². The Morgan fingerprint density at radius 1 is 1.31 bits per heavy atom. The maximum Gasteiger partial charge on any atom is 0.320 e. The molecule has 2 aromatic rings. The van der Waals surface area contributed by atoms with Gasteiger partial charge in [0.2, 0.25) is 0 Å². The molecule has 1 saturated heterocycles. The summed E-state index contributed by atoms with van der Waals surface area (Å²) in [6.07, 6.45) is 2.39. The van der Waals surface area contributed by atoms with Crippen LogP contribution >= 0.6 is 11.8 Å². The number of nitrogen functional groups attached to an aromatic ring is 1. The first-order valence-corrected chi connectivity index (χ1v) is 9.18. The number of rotatable bonds is 6. The lowest BCUT2D eigenvalue weighted by Crippen LogP contribution is -2.32. The summed E-state index contributed by atoms with van der Waals surface area (Å²) in [5, 5.41) is 12.1. The average Bonchev–Trinajstić information content (AvgIpc) is 3.12. The summed E-state index contributed by atoms with van der Waals surface area (Å²) in [6, 6.07) is 12.0. The standard InChI is InChI=1S/C19H21N3O3S/c20-16-9-13(7-15-10-22-11-26-15)3-6-18(16)25-14-4-1-12(2-5-14)8-17(21)19(23)24/h1-7,9,17,22H,8,10-11,20-21H2,(H,23,24)/b15-7+. The van der Waals surface area contributed by atoms with Gasteiger partial charge < -0.3 is 26.6 Å². The third kappa shape index (κ3) is 4.78. The average molecular weight is 371 g/mol. The molecule has 6 nitrogen and oxygen atoms in total. The van der Waals surface area contributed by atoms with Gasteiger partial charge in [-0.05, 0) is 47.9 Å². The van der Waals surface area contributed by atoms with Crippen LogP contribution in [0.4, 0.5) is 5.69 Å². The maximum absolute atomic E-state index is 10.8. The van der Waals surface area contributed by atoms with E-state index in [9.17, 15) is 4.79 Å². The van der Waals surface area contributed by atoms with Crippen molar-refractivity contribution < 1.29 is 14.6 Å². The van der Waals surface area contributed by atoms with Crippen LogP contribution in [0.15, 0.2) is 47.4 Å². The van der Waals surface area contributed by atoms with Crippen LogP contribution in [-0.2, 0) is 11.2 Å². The van der Waals surface area contributed by atoms with E-state index in [1.165, 1.54) is 4.91 Å². The van der Waals surface area contributed by atoms with Gasteiger partial charge in [-0.1, -0.05) is 18.2 Å². The minimum Gasteiger partial charge on any atom is -0.480 e. The second-order valence-corrected chi connectivity index (χ2v) is 7.12. The highest BCUT2D eigenvalue weighted by molar-refractivity contribution is 8.03. The van der Waals surface area contributed by atoms with Crippen LogP contribution in [0.25, 0.3) is 6.08 Å². The Morgan fingerprint density at radius 3 is 2.69 bits per heavy atom. The van der Waals surface area contributed by atoms with Crippen LogP contribution in [-0.4, -0.2) is 29.5 Å². The van der Waals surface area contributed by atoms with Crippen molar-refractivity contribution in [1.29, 1.82) is 0 Å². The number of carboxylic acids is 1. The zero-order chi connectivity index (χ0) is 18.5. The molecule has 0 spiro atoms. The van der Waals surface area contributed by atoms with Crippen LogP contribution in [0, 0.1) is 0 Å². The summed E-state index contributed by atoms with van der Waals surface area (Å²) in [5.41, 5.74) is 14.1. The fourth-order valence-corrected chi connectivity index (χ4v) is 3.37. The SMILES string of the molecule is Nc1cc(/C=C2\CNCS2)ccc1Oc1ccc(CC(N)C(=O)O)cc1. The van der Waals surface area contributed by atoms with Gasteiger partial charge in [-0.3, -0.25) is 4.79 Å². The van der Waals surface area contributed by atoms with Gasteiger partial charge in [0.25, 0.3) is 0 Å². The van der Waals surface area contributed by atoms with Crippen molar-refractivity contribution in [3.8, 4) is 11.5 Å². The molecule has 0 aliphatic carbocycles. The Labute approximate surface area is 156 Å². The van der Waals surface area contributed by atoms with Gasteiger partial charge in [0.1, 0.15) is 17.5 Å². The van der Waals surface area contributed by atoms with Gasteiger partial charge in [-0.2, -0.15) is 0 Å². The first kappa shape index (κ1) is 18.3. The Hall–Kier alpha value is -2.48. The molecular weight excluding hydrogens is 350 g/mol. The van der Waals surface area contributed by atoms with E-state index in [0.717, 1.165) is 23.5 Å². The number of hydrogen-bond acceptors (Lipinski definition) is 6. The molecule has 1 aliphatic heterocycles. The molecule has 1 heterocycles. The van der Waals surface area contributed by atoms with Crippen molar-refractivity contribution in [3.05, 3.63) is 58.5 Å². The van der Waals surface area contributed by atoms with Gasteiger partial charge >= 0.3 is 5.97 Å². The summed E-state index contributed by atoms with van der Waals surface area (Å²) < 4.78 is 5.83. The Morgan fingerprint density at radius 2 is 2.08 bits per heavy atom. The highest BCUT2D eigenvalue weighted by Gasteiger charge is 2.12. The van der Waals surface area contributed by atoms with Crippen molar-refractivity contribution in [2.45, 2.75) is 12.5 Å². The van der Waals surface area contributed by atoms with Crippen LogP contribution in [0.2, 0.25) is 0 Å². The van der Waals surface area contributed by atoms with E-state index >= 15 is 0 Å². The van der Waals surface area contributed by atoms with E-state index in [-0.39, 0.29) is 6.42 Å². The lowest BCUT2D eigenvalue weighted by atomic mass is 10.1. The number of carbonyl (C=O) groups is 1. The minimum atomic E-state index is -1.01. The van der Waals surface area contributed by atoms with E-state index in [1.54, 1.807) is 36.0 Å². The summed E-state index contributed by atoms with van der Waals surface area (Å²) in [6.45, 7) is 0.890. The topological polar surface area (TPSA) is 111 Å². The van der Waals surface area contributed by atoms with Crippen LogP contribution in [0.1, 0.15) is 11.1 Å². The number of carboxylic acid groups (broad SMARTS) is 1. The molecule has 0 radical (unpaired) electrons. The molecule has 6 N–H and O–H groups in total. The van der Waals surface area contributed by atoms with Crippen molar-refractivity contribution in [2.75, 3.05) is 18.2 Å². The highest BCUT2D eigenvalue weighted by atomic mass is 32.2. The second kappa shape index (κ2) is 8.27. The molecule has 0 bridgehead atoms. The normalized spacial score (nSPS) is 16.6. The van der Waals surface area contributed by atoms with E-state index in [2.05, 4.69) is 11.4 Å². The minimum absolute atomic E-state index is 0.272. The smallest absolute Gasteiger partial charge is 0.320 e. The first-order valence-electron chi connectivity index (χ1n) is 8.20. The van der Waals surface area contributed by atoms with Gasteiger partial charge in [-0.25, -0.2) is 0 Å². The molecule has 26 heavy (non-hydrogen) atoms. The molecular formula is C19H21N3O3S. The van der Waals surface area contributed by atoms with Crippen molar-refractivity contribution in [2.24, 2.45) is 5.73 Å². The predicted octanol–water partition coefficient (Wildman–Crippen LogP) is 2.65. The number of anilines is 1. The molecule has 7 heteroatoms. The lowest BCUT2D eigenvalue weighted by molar-refractivity contribution is -0.138. The third-order valence-electron chi connectivity index (χ3n) is 3.94. The number of benzene rings is 2. The molecule has 0 saturated carbocycles. The summed E-state index contributed by atoms with van der Waals surface area (Å²) >= 11 is 1.79. The van der Waals surface area contributed by atoms with Crippen LogP contribution in [0.5, 0.6) is 11.5 Å². The molecule has 1 fully saturated rings. The van der Waals surface area contributed by atoms with Gasteiger partial charge in [0.05, 0.1) is 5.69 Å². The Bertz CT molecular complexity index is 813. The molecule has 2 aromatic carbocycles. The molecule has 136 valence electrons. The summed E-state index contributed by atoms with van der Waals surface area (Å²) in [7, 11) is 0. The number of nitrogens with one attached hydrogen (secondary N) is 1.